The van der Waals surface area contributed by atoms with Crippen molar-refractivity contribution in [3.63, 3.8) is 0 Å². The van der Waals surface area contributed by atoms with E-state index in [9.17, 15) is 5.11 Å². The minimum absolute atomic E-state index is 0.0293. The van der Waals surface area contributed by atoms with Gasteiger partial charge in [-0.3, -0.25) is 0 Å². The molecule has 1 rings (SSSR count). The summed E-state index contributed by atoms with van der Waals surface area (Å²) in [5.41, 5.74) is 0.180. The lowest BCUT2D eigenvalue weighted by Gasteiger charge is -2.34. The van der Waals surface area contributed by atoms with E-state index in [2.05, 4.69) is 13.8 Å². The number of hydrogen-bond donors (Lipinski definition) is 2. The van der Waals surface area contributed by atoms with Crippen LogP contribution in [-0.2, 0) is 0 Å². The van der Waals surface area contributed by atoms with Gasteiger partial charge in [0.1, 0.15) is 0 Å². The van der Waals surface area contributed by atoms with E-state index in [-0.39, 0.29) is 12.0 Å². The van der Waals surface area contributed by atoms with Crippen molar-refractivity contribution in [1.82, 2.24) is 0 Å². The van der Waals surface area contributed by atoms with Gasteiger partial charge in [0.2, 0.25) is 0 Å². The fraction of sp³-hybridized carbons (Fsp3) is 0.800. The highest BCUT2D eigenvalue weighted by molar-refractivity contribution is 5.25. The third-order valence-electron chi connectivity index (χ3n) is 3.30. The van der Waals surface area contributed by atoms with E-state index in [0.717, 1.165) is 18.4 Å². The monoisotopic (exact) mass is 170 g/mol. The third kappa shape index (κ3) is 1.29. The van der Waals surface area contributed by atoms with Crippen molar-refractivity contribution in [2.45, 2.75) is 39.2 Å². The molecule has 2 N–H and O–H groups in total. The van der Waals surface area contributed by atoms with Crippen LogP contribution in [0.3, 0.4) is 0 Å². The largest absolute Gasteiger partial charge is 0.392 e. The molecule has 0 saturated heterocycles. The Morgan fingerprint density at radius 1 is 1.42 bits per heavy atom. The molecule has 0 aromatic carbocycles. The summed E-state index contributed by atoms with van der Waals surface area (Å²) < 4.78 is 0. The van der Waals surface area contributed by atoms with E-state index < -0.39 is 5.60 Å². The molecule has 0 bridgehead atoms. The van der Waals surface area contributed by atoms with Crippen LogP contribution in [0, 0.1) is 5.41 Å². The van der Waals surface area contributed by atoms with Gasteiger partial charge >= 0.3 is 0 Å². The van der Waals surface area contributed by atoms with Crippen LogP contribution in [0.1, 0.15) is 33.6 Å². The lowest BCUT2D eigenvalue weighted by Crippen LogP contribution is -2.37. The average molecular weight is 170 g/mol. The molecule has 0 spiro atoms. The maximum absolute atomic E-state index is 10.1. The normalized spacial score (nSPS) is 37.6. The summed E-state index contributed by atoms with van der Waals surface area (Å²) >= 11 is 0. The average Bonchev–Trinajstić information content (AvgIpc) is 2.13. The topological polar surface area (TPSA) is 40.5 Å². The second-order valence-corrected chi connectivity index (χ2v) is 4.37. The van der Waals surface area contributed by atoms with E-state index in [4.69, 9.17) is 5.11 Å². The van der Waals surface area contributed by atoms with E-state index in [1.807, 2.05) is 6.92 Å². The molecule has 2 heteroatoms. The zero-order valence-corrected chi connectivity index (χ0v) is 8.09. The molecule has 70 valence electrons. The van der Waals surface area contributed by atoms with Crippen LogP contribution in [0.25, 0.3) is 0 Å². The molecule has 1 fully saturated rings. The highest BCUT2D eigenvalue weighted by atomic mass is 16.3. The first-order valence-electron chi connectivity index (χ1n) is 4.44. The van der Waals surface area contributed by atoms with E-state index >= 15 is 0 Å². The molecule has 1 aliphatic rings. The Balaban J connectivity index is 2.93. The summed E-state index contributed by atoms with van der Waals surface area (Å²) in [7, 11) is 0. The summed E-state index contributed by atoms with van der Waals surface area (Å²) in [4.78, 5) is 0. The zero-order chi connectivity index (χ0) is 9.41. The Kier molecular flexibility index (Phi) is 2.32. The molecule has 1 aliphatic carbocycles. The van der Waals surface area contributed by atoms with Gasteiger partial charge in [0.15, 0.2) is 0 Å². The standard InChI is InChI=1S/C10H18O2/c1-9(2)6-4-8(5-7-11)10(9,3)12/h5,11-12H,4,6-7H2,1-3H3. The first-order chi connectivity index (χ1) is 5.42. The lowest BCUT2D eigenvalue weighted by atomic mass is 9.78. The molecule has 12 heavy (non-hydrogen) atoms. The van der Waals surface area contributed by atoms with Gasteiger partial charge in [-0.25, -0.2) is 0 Å². The lowest BCUT2D eigenvalue weighted by molar-refractivity contribution is 0.00308. The molecule has 0 radical (unpaired) electrons. The minimum atomic E-state index is -0.740. The SMILES string of the molecule is CC1(C)CCC(=CCO)C1(C)O. The van der Waals surface area contributed by atoms with Gasteiger partial charge in [-0.05, 0) is 30.8 Å². The van der Waals surface area contributed by atoms with Crippen molar-refractivity contribution >= 4 is 0 Å². The van der Waals surface area contributed by atoms with Crippen molar-refractivity contribution in [3.05, 3.63) is 11.6 Å². The minimum Gasteiger partial charge on any atom is -0.392 e. The Labute approximate surface area is 73.9 Å². The van der Waals surface area contributed by atoms with Crippen molar-refractivity contribution in [2.24, 2.45) is 5.41 Å². The maximum atomic E-state index is 10.1. The Hall–Kier alpha value is -0.340. The summed E-state index contributed by atoms with van der Waals surface area (Å²) in [6.45, 7) is 5.99. The van der Waals surface area contributed by atoms with E-state index in [1.54, 1.807) is 6.08 Å². The molecule has 0 amide bonds. The molecule has 1 atom stereocenters. The van der Waals surface area contributed by atoms with Crippen LogP contribution >= 0.6 is 0 Å². The quantitative estimate of drug-likeness (QED) is 0.585. The van der Waals surface area contributed by atoms with Gasteiger partial charge < -0.3 is 10.2 Å². The second-order valence-electron chi connectivity index (χ2n) is 4.37. The number of rotatable bonds is 1. The highest BCUT2D eigenvalue weighted by Crippen LogP contribution is 2.48. The van der Waals surface area contributed by atoms with Crippen LogP contribution in [0.2, 0.25) is 0 Å². The van der Waals surface area contributed by atoms with Gasteiger partial charge in [-0.1, -0.05) is 19.9 Å². The number of hydrogen-bond acceptors (Lipinski definition) is 2. The first-order valence-corrected chi connectivity index (χ1v) is 4.44. The first kappa shape index (κ1) is 9.75. The Morgan fingerprint density at radius 2 is 2.00 bits per heavy atom. The number of aliphatic hydroxyl groups is 2. The Bertz CT molecular complexity index is 202. The molecule has 0 heterocycles. The molecule has 0 aromatic heterocycles. The van der Waals surface area contributed by atoms with Crippen molar-refractivity contribution in [3.8, 4) is 0 Å². The fourth-order valence-electron chi connectivity index (χ4n) is 1.78. The molecule has 2 nitrogen and oxygen atoms in total. The van der Waals surface area contributed by atoms with Gasteiger partial charge in [0.25, 0.3) is 0 Å². The smallest absolute Gasteiger partial charge is 0.0880 e. The summed E-state index contributed by atoms with van der Waals surface area (Å²) in [5.74, 6) is 0. The van der Waals surface area contributed by atoms with Crippen molar-refractivity contribution in [1.29, 1.82) is 0 Å². The zero-order valence-electron chi connectivity index (χ0n) is 8.09. The van der Waals surface area contributed by atoms with Crippen LogP contribution in [-0.4, -0.2) is 22.4 Å². The third-order valence-corrected chi connectivity index (χ3v) is 3.30. The van der Waals surface area contributed by atoms with Gasteiger partial charge in [-0.15, -0.1) is 0 Å². The maximum Gasteiger partial charge on any atom is 0.0880 e. The molecular formula is C10H18O2. The molecule has 0 aromatic rings. The summed E-state index contributed by atoms with van der Waals surface area (Å²) in [6.07, 6.45) is 3.63. The molecular weight excluding hydrogens is 152 g/mol. The van der Waals surface area contributed by atoms with Crippen LogP contribution < -0.4 is 0 Å². The Morgan fingerprint density at radius 3 is 2.33 bits per heavy atom. The van der Waals surface area contributed by atoms with Gasteiger partial charge in [-0.2, -0.15) is 0 Å². The fourth-order valence-corrected chi connectivity index (χ4v) is 1.78. The van der Waals surface area contributed by atoms with Crippen LogP contribution in [0.15, 0.2) is 11.6 Å². The number of aliphatic hydroxyl groups excluding tert-OH is 1. The molecule has 0 aliphatic heterocycles. The van der Waals surface area contributed by atoms with Gasteiger partial charge in [0.05, 0.1) is 12.2 Å². The predicted octanol–water partition coefficient (Wildman–Crippen LogP) is 1.48. The highest BCUT2D eigenvalue weighted by Gasteiger charge is 2.46. The van der Waals surface area contributed by atoms with E-state index in [1.165, 1.54) is 0 Å². The molecule has 1 unspecified atom stereocenters. The van der Waals surface area contributed by atoms with Gasteiger partial charge in [0, 0.05) is 0 Å². The van der Waals surface area contributed by atoms with Crippen LogP contribution in [0.4, 0.5) is 0 Å². The van der Waals surface area contributed by atoms with Crippen LogP contribution in [0.5, 0.6) is 0 Å². The van der Waals surface area contributed by atoms with E-state index in [0.29, 0.717) is 0 Å². The molecule has 1 saturated carbocycles. The predicted molar refractivity (Wildman–Crippen MR) is 48.8 cm³/mol. The summed E-state index contributed by atoms with van der Waals surface area (Å²) in [6, 6.07) is 0. The van der Waals surface area contributed by atoms with Crippen molar-refractivity contribution in [2.75, 3.05) is 6.61 Å². The second kappa shape index (κ2) is 2.86. The van der Waals surface area contributed by atoms with Crippen molar-refractivity contribution < 1.29 is 10.2 Å². The summed E-state index contributed by atoms with van der Waals surface area (Å²) in [5, 5.41) is 18.9.